The number of alkyl halides is 3. The number of methoxy groups -OCH3 is 1. The van der Waals surface area contributed by atoms with Crippen LogP contribution in [0.2, 0.25) is 0 Å². The lowest BCUT2D eigenvalue weighted by molar-refractivity contribution is -0.139. The van der Waals surface area contributed by atoms with Gasteiger partial charge in [0.2, 0.25) is 17.7 Å². The van der Waals surface area contributed by atoms with Gasteiger partial charge in [0.15, 0.2) is 5.82 Å². The molecule has 234 valence electrons. The van der Waals surface area contributed by atoms with Crippen molar-refractivity contribution < 1.29 is 32.0 Å². The lowest BCUT2D eigenvalue weighted by atomic mass is 9.82. The predicted molar refractivity (Wildman–Crippen MR) is 156 cm³/mol. The Morgan fingerprint density at radius 2 is 1.84 bits per heavy atom. The number of amides is 1. The zero-order valence-corrected chi connectivity index (χ0v) is 25.7. The molecule has 0 spiro atoms. The van der Waals surface area contributed by atoms with Gasteiger partial charge in [-0.25, -0.2) is 4.98 Å². The van der Waals surface area contributed by atoms with Crippen molar-refractivity contribution >= 4 is 11.6 Å². The first-order valence-corrected chi connectivity index (χ1v) is 14.9. The molecule has 2 heterocycles. The first-order chi connectivity index (χ1) is 20.4. The number of hydrogen-bond acceptors (Lipinski definition) is 7. The summed E-state index contributed by atoms with van der Waals surface area (Å²) in [5.74, 6) is 1.24. The summed E-state index contributed by atoms with van der Waals surface area (Å²) in [6.45, 7) is 10.2. The minimum absolute atomic E-state index is 0.0470. The van der Waals surface area contributed by atoms with Gasteiger partial charge in [0.05, 0.1) is 12.6 Å². The number of rotatable bonds is 11. The van der Waals surface area contributed by atoms with Crippen LogP contribution < -0.4 is 9.64 Å². The van der Waals surface area contributed by atoms with Crippen molar-refractivity contribution in [1.82, 2.24) is 15.1 Å². The van der Waals surface area contributed by atoms with E-state index in [9.17, 15) is 18.0 Å². The van der Waals surface area contributed by atoms with Crippen LogP contribution in [-0.2, 0) is 28.5 Å². The Bertz CT molecular complexity index is 1380. The highest BCUT2D eigenvalue weighted by molar-refractivity contribution is 5.96. The van der Waals surface area contributed by atoms with E-state index < -0.39 is 17.6 Å². The van der Waals surface area contributed by atoms with Gasteiger partial charge in [-0.3, -0.25) is 4.79 Å². The molecule has 1 saturated carbocycles. The average molecular weight is 603 g/mol. The Balaban J connectivity index is 1.54. The third-order valence-electron chi connectivity index (χ3n) is 7.93. The van der Waals surface area contributed by atoms with Gasteiger partial charge in [-0.15, -0.1) is 0 Å². The minimum Gasteiger partial charge on any atom is -0.438 e. The molecule has 8 nitrogen and oxygen atoms in total. The Kier molecular flexibility index (Phi) is 10.5. The van der Waals surface area contributed by atoms with Crippen molar-refractivity contribution in [2.24, 2.45) is 11.8 Å². The molecule has 1 atom stereocenters. The summed E-state index contributed by atoms with van der Waals surface area (Å²) in [6.07, 6.45) is 0.917. The van der Waals surface area contributed by atoms with Crippen LogP contribution in [0.4, 0.5) is 18.9 Å². The Morgan fingerprint density at radius 3 is 2.44 bits per heavy atom. The highest BCUT2D eigenvalue weighted by Gasteiger charge is 2.36. The van der Waals surface area contributed by atoms with Gasteiger partial charge in [-0.05, 0) is 87.3 Å². The molecule has 0 aliphatic heterocycles. The van der Waals surface area contributed by atoms with Crippen molar-refractivity contribution in [2.75, 3.05) is 18.6 Å². The van der Waals surface area contributed by atoms with E-state index in [0.29, 0.717) is 41.1 Å². The van der Waals surface area contributed by atoms with Crippen LogP contribution in [0.5, 0.6) is 11.6 Å². The number of benzene rings is 1. The van der Waals surface area contributed by atoms with E-state index in [1.165, 1.54) is 6.20 Å². The maximum absolute atomic E-state index is 14.1. The summed E-state index contributed by atoms with van der Waals surface area (Å²) in [6, 6.07) is 5.74. The fourth-order valence-electron chi connectivity index (χ4n) is 5.44. The third kappa shape index (κ3) is 8.13. The van der Waals surface area contributed by atoms with Gasteiger partial charge < -0.3 is 18.9 Å². The third-order valence-corrected chi connectivity index (χ3v) is 7.93. The zero-order chi connectivity index (χ0) is 31.3. The van der Waals surface area contributed by atoms with E-state index in [1.807, 2.05) is 27.7 Å². The maximum atomic E-state index is 14.1. The van der Waals surface area contributed by atoms with Crippen LogP contribution >= 0.6 is 0 Å². The quantitative estimate of drug-likeness (QED) is 0.222. The SMILES string of the molecule is COC[C@H](C)N(C(=O)C1CCC(C)CC1)c1ccc(Oc2ncc(CCc3nc(C(C)C)no3)cc2C(F)(F)F)cc1C. The lowest BCUT2D eigenvalue weighted by Crippen LogP contribution is -2.45. The van der Waals surface area contributed by atoms with Crippen molar-refractivity contribution in [3.8, 4) is 11.6 Å². The summed E-state index contributed by atoms with van der Waals surface area (Å²) in [7, 11) is 1.59. The monoisotopic (exact) mass is 602 g/mol. The molecule has 1 fully saturated rings. The molecular formula is C32H41F3N4O4. The number of pyridine rings is 1. The largest absolute Gasteiger partial charge is 0.438 e. The van der Waals surface area contributed by atoms with Gasteiger partial charge in [-0.2, -0.15) is 18.2 Å². The summed E-state index contributed by atoms with van der Waals surface area (Å²) in [5.41, 5.74) is 0.774. The van der Waals surface area contributed by atoms with Crippen molar-refractivity contribution in [3.63, 3.8) is 0 Å². The topological polar surface area (TPSA) is 90.6 Å². The van der Waals surface area contributed by atoms with E-state index >= 15 is 0 Å². The fraction of sp³-hybridized carbons (Fsp3) is 0.562. The molecule has 11 heteroatoms. The van der Waals surface area contributed by atoms with Crippen LogP contribution in [0.1, 0.15) is 87.7 Å². The lowest BCUT2D eigenvalue weighted by Gasteiger charge is -2.35. The molecule has 2 aromatic heterocycles. The molecule has 0 N–H and O–H groups in total. The number of aromatic nitrogens is 3. The van der Waals surface area contributed by atoms with Crippen LogP contribution in [-0.4, -0.2) is 40.8 Å². The number of ether oxygens (including phenoxy) is 2. The number of halogens is 3. The molecule has 0 unspecified atom stereocenters. The fourth-order valence-corrected chi connectivity index (χ4v) is 5.44. The Labute approximate surface area is 251 Å². The normalized spacial score (nSPS) is 18.1. The number of hydrogen-bond donors (Lipinski definition) is 0. The zero-order valence-electron chi connectivity index (χ0n) is 25.7. The predicted octanol–water partition coefficient (Wildman–Crippen LogP) is 7.69. The molecule has 1 aromatic carbocycles. The van der Waals surface area contributed by atoms with Gasteiger partial charge in [0.25, 0.3) is 0 Å². The molecule has 3 aromatic rings. The number of carbonyl (C=O) groups excluding carboxylic acids is 1. The van der Waals surface area contributed by atoms with E-state index in [-0.39, 0.29) is 42.4 Å². The van der Waals surface area contributed by atoms with Crippen LogP contribution in [0, 0.1) is 18.8 Å². The van der Waals surface area contributed by atoms with Crippen molar-refractivity contribution in [3.05, 3.63) is 58.9 Å². The Morgan fingerprint density at radius 1 is 1.12 bits per heavy atom. The summed E-state index contributed by atoms with van der Waals surface area (Å²) in [5, 5.41) is 3.89. The molecule has 1 aliphatic rings. The number of anilines is 1. The first-order valence-electron chi connectivity index (χ1n) is 14.9. The number of aryl methyl sites for hydroxylation is 3. The number of carbonyl (C=O) groups is 1. The molecule has 4 rings (SSSR count). The van der Waals surface area contributed by atoms with Gasteiger partial charge in [0.1, 0.15) is 11.3 Å². The molecular weight excluding hydrogens is 561 g/mol. The minimum atomic E-state index is -4.68. The van der Waals surface area contributed by atoms with Gasteiger partial charge >= 0.3 is 6.18 Å². The van der Waals surface area contributed by atoms with Crippen LogP contribution in [0.25, 0.3) is 0 Å². The first kappa shape index (κ1) is 32.4. The van der Waals surface area contributed by atoms with Crippen LogP contribution in [0.15, 0.2) is 35.0 Å². The molecule has 0 saturated heterocycles. The Hall–Kier alpha value is -3.47. The molecule has 1 aliphatic carbocycles. The summed E-state index contributed by atoms with van der Waals surface area (Å²) >= 11 is 0. The maximum Gasteiger partial charge on any atom is 0.421 e. The molecule has 0 bridgehead atoms. The molecule has 0 radical (unpaired) electrons. The standard InChI is InChI=1S/C32H41F3N4O4/c1-19(2)29-37-28(43-38-29)14-9-23-16-26(32(33,34)35)30(36-17-23)42-25-12-13-27(21(4)15-25)39(22(5)18-41-6)31(40)24-10-7-20(3)8-11-24/h12-13,15-17,19-20,22,24H,7-11,14,18H2,1-6H3/t20?,22-,24?/m0/s1. The van der Waals surface area contributed by atoms with E-state index in [4.69, 9.17) is 14.0 Å². The summed E-state index contributed by atoms with van der Waals surface area (Å²) in [4.78, 5) is 23.8. The smallest absolute Gasteiger partial charge is 0.421 e. The second-order valence-electron chi connectivity index (χ2n) is 11.9. The highest BCUT2D eigenvalue weighted by Crippen LogP contribution is 2.39. The van der Waals surface area contributed by atoms with E-state index in [1.54, 1.807) is 30.2 Å². The van der Waals surface area contributed by atoms with E-state index in [2.05, 4.69) is 22.0 Å². The average Bonchev–Trinajstić information content (AvgIpc) is 3.43. The van der Waals surface area contributed by atoms with Crippen molar-refractivity contribution in [1.29, 1.82) is 0 Å². The molecule has 43 heavy (non-hydrogen) atoms. The van der Waals surface area contributed by atoms with Crippen molar-refractivity contribution in [2.45, 2.75) is 91.3 Å². The number of nitrogens with zero attached hydrogens (tertiary/aromatic N) is 4. The molecule has 1 amide bonds. The highest BCUT2D eigenvalue weighted by atomic mass is 19.4. The second-order valence-corrected chi connectivity index (χ2v) is 11.9. The summed E-state index contributed by atoms with van der Waals surface area (Å²) < 4.78 is 58.5. The van der Waals surface area contributed by atoms with Gasteiger partial charge in [0, 0.05) is 37.3 Å². The van der Waals surface area contributed by atoms with Gasteiger partial charge in [-0.1, -0.05) is 25.9 Å². The van der Waals surface area contributed by atoms with Crippen LogP contribution in [0.3, 0.4) is 0 Å². The van der Waals surface area contributed by atoms with E-state index in [0.717, 1.165) is 31.7 Å². The second kappa shape index (κ2) is 13.9.